The first kappa shape index (κ1) is 25.0. The Kier molecular flexibility index (Phi) is 7.04. The third-order valence-electron chi connectivity index (χ3n) is 6.29. The van der Waals surface area contributed by atoms with E-state index in [1.807, 2.05) is 0 Å². The van der Waals surface area contributed by atoms with Gasteiger partial charge in [-0.1, -0.05) is 45.0 Å². The van der Waals surface area contributed by atoms with Crippen LogP contribution in [-0.2, 0) is 33.8 Å². The van der Waals surface area contributed by atoms with Gasteiger partial charge in [-0.2, -0.15) is 4.31 Å². The van der Waals surface area contributed by atoms with Gasteiger partial charge in [0, 0.05) is 45.8 Å². The van der Waals surface area contributed by atoms with E-state index in [4.69, 9.17) is 5.73 Å². The summed E-state index contributed by atoms with van der Waals surface area (Å²) >= 11 is 0. The molecule has 3 rings (SSSR count). The molecular weight excluding hydrogens is 440 g/mol. The molecule has 0 spiro atoms. The molecule has 1 aliphatic heterocycles. The van der Waals surface area contributed by atoms with Gasteiger partial charge in [-0.25, -0.2) is 8.42 Å². The van der Waals surface area contributed by atoms with Gasteiger partial charge in [0.05, 0.1) is 0 Å². The standard InChI is InChI=1S/C24H34N4O4S/c1-24(2,3)19-8-6-17(7-9-19)15-27(5)23(30)18-10-12-28(13-11-18)33(31,32)20-14-21(22(25)29)26(4)16-20/h6-9,14,16,18H,10-13,15H2,1-5H3,(H2,25,29). The first-order chi connectivity index (χ1) is 15.3. The van der Waals surface area contributed by atoms with E-state index in [9.17, 15) is 18.0 Å². The van der Waals surface area contributed by atoms with Crippen LogP contribution in [0.4, 0.5) is 0 Å². The second kappa shape index (κ2) is 9.30. The maximum absolute atomic E-state index is 13.0. The van der Waals surface area contributed by atoms with Gasteiger partial charge >= 0.3 is 0 Å². The van der Waals surface area contributed by atoms with E-state index >= 15 is 0 Å². The molecule has 1 aromatic heterocycles. The average Bonchev–Trinajstić information content (AvgIpc) is 3.16. The van der Waals surface area contributed by atoms with Crippen LogP contribution in [0.2, 0.25) is 0 Å². The van der Waals surface area contributed by atoms with Crippen molar-refractivity contribution in [2.75, 3.05) is 20.1 Å². The Balaban J connectivity index is 1.60. The van der Waals surface area contributed by atoms with E-state index in [1.165, 1.54) is 26.7 Å². The number of rotatable bonds is 6. The molecule has 0 bridgehead atoms. The molecular formula is C24H34N4O4S. The predicted octanol–water partition coefficient (Wildman–Crippen LogP) is 2.48. The largest absolute Gasteiger partial charge is 0.364 e. The van der Waals surface area contributed by atoms with Crippen molar-refractivity contribution < 1.29 is 18.0 Å². The highest BCUT2D eigenvalue weighted by molar-refractivity contribution is 7.89. The highest BCUT2D eigenvalue weighted by atomic mass is 32.2. The second-order valence-electron chi connectivity index (χ2n) is 9.86. The number of aryl methyl sites for hydroxylation is 1. The van der Waals surface area contributed by atoms with Crippen molar-refractivity contribution in [3.63, 3.8) is 0 Å². The van der Waals surface area contributed by atoms with E-state index in [-0.39, 0.29) is 40.9 Å². The quantitative estimate of drug-likeness (QED) is 0.694. The fourth-order valence-electron chi connectivity index (χ4n) is 4.19. The lowest BCUT2D eigenvalue weighted by Crippen LogP contribution is -2.43. The Hall–Kier alpha value is -2.65. The molecule has 2 amide bonds. The number of primary amides is 1. The summed E-state index contributed by atoms with van der Waals surface area (Å²) in [7, 11) is -0.382. The molecule has 9 heteroatoms. The van der Waals surface area contributed by atoms with Crippen LogP contribution in [0.5, 0.6) is 0 Å². The van der Waals surface area contributed by atoms with Crippen LogP contribution in [0.3, 0.4) is 0 Å². The summed E-state index contributed by atoms with van der Waals surface area (Å²) < 4.78 is 28.8. The number of nitrogens with zero attached hydrogens (tertiary/aromatic N) is 3. The number of aromatic nitrogens is 1. The van der Waals surface area contributed by atoms with Gasteiger partial charge in [-0.05, 0) is 35.4 Å². The fourth-order valence-corrected chi connectivity index (χ4v) is 5.73. The Morgan fingerprint density at radius 2 is 1.70 bits per heavy atom. The van der Waals surface area contributed by atoms with Crippen LogP contribution in [0.25, 0.3) is 0 Å². The molecule has 0 aliphatic carbocycles. The van der Waals surface area contributed by atoms with Crippen LogP contribution in [0.15, 0.2) is 41.4 Å². The lowest BCUT2D eigenvalue weighted by Gasteiger charge is -2.32. The molecule has 2 heterocycles. The van der Waals surface area contributed by atoms with Crippen molar-refractivity contribution in [3.05, 3.63) is 53.3 Å². The number of nitrogens with two attached hydrogens (primary N) is 1. The summed E-state index contributed by atoms with van der Waals surface area (Å²) in [5.41, 5.74) is 7.82. The van der Waals surface area contributed by atoms with Crippen LogP contribution < -0.4 is 5.73 Å². The van der Waals surface area contributed by atoms with Gasteiger partial charge in [0.2, 0.25) is 15.9 Å². The number of sulfonamides is 1. The zero-order chi connectivity index (χ0) is 24.6. The van der Waals surface area contributed by atoms with Crippen LogP contribution in [-0.4, -0.2) is 54.1 Å². The summed E-state index contributed by atoms with van der Waals surface area (Å²) in [6, 6.07) is 9.61. The van der Waals surface area contributed by atoms with Crippen molar-refractivity contribution in [2.45, 2.75) is 50.5 Å². The number of carbonyl (C=O) groups excluding carboxylic acids is 2. The molecule has 1 aromatic carbocycles. The van der Waals surface area contributed by atoms with Crippen LogP contribution in [0, 0.1) is 5.92 Å². The maximum Gasteiger partial charge on any atom is 0.265 e. The lowest BCUT2D eigenvalue weighted by molar-refractivity contribution is -0.135. The highest BCUT2D eigenvalue weighted by Crippen LogP contribution is 2.27. The van der Waals surface area contributed by atoms with Gasteiger partial charge in [-0.15, -0.1) is 0 Å². The molecule has 1 saturated heterocycles. The minimum atomic E-state index is -3.75. The molecule has 180 valence electrons. The molecule has 8 nitrogen and oxygen atoms in total. The first-order valence-electron chi connectivity index (χ1n) is 11.1. The van der Waals surface area contributed by atoms with Crippen molar-refractivity contribution in [1.82, 2.24) is 13.8 Å². The molecule has 0 atom stereocenters. The van der Waals surface area contributed by atoms with Crippen molar-refractivity contribution in [3.8, 4) is 0 Å². The molecule has 0 unspecified atom stereocenters. The molecule has 2 aromatic rings. The Labute approximate surface area is 196 Å². The summed E-state index contributed by atoms with van der Waals surface area (Å²) in [6.07, 6.45) is 2.31. The van der Waals surface area contributed by atoms with E-state index in [0.29, 0.717) is 19.4 Å². The van der Waals surface area contributed by atoms with E-state index in [1.54, 1.807) is 19.0 Å². The minimum absolute atomic E-state index is 0.0303. The normalized spacial score (nSPS) is 16.0. The Morgan fingerprint density at radius 1 is 1.12 bits per heavy atom. The zero-order valence-electron chi connectivity index (χ0n) is 20.0. The molecule has 2 N–H and O–H groups in total. The molecule has 1 fully saturated rings. The fraction of sp³-hybridized carbons (Fsp3) is 0.500. The van der Waals surface area contributed by atoms with E-state index in [2.05, 4.69) is 45.0 Å². The molecule has 33 heavy (non-hydrogen) atoms. The van der Waals surface area contributed by atoms with Gasteiger partial charge in [0.1, 0.15) is 10.6 Å². The first-order valence-corrected chi connectivity index (χ1v) is 12.6. The van der Waals surface area contributed by atoms with Crippen molar-refractivity contribution in [1.29, 1.82) is 0 Å². The second-order valence-corrected chi connectivity index (χ2v) is 11.8. The lowest BCUT2D eigenvalue weighted by atomic mass is 9.86. The van der Waals surface area contributed by atoms with Gasteiger partial charge in [-0.3, -0.25) is 9.59 Å². The number of benzene rings is 1. The number of piperidine rings is 1. The smallest absolute Gasteiger partial charge is 0.265 e. The average molecular weight is 475 g/mol. The van der Waals surface area contributed by atoms with Crippen molar-refractivity contribution in [2.24, 2.45) is 18.7 Å². The monoisotopic (exact) mass is 474 g/mol. The number of amides is 2. The molecule has 1 aliphatic rings. The minimum Gasteiger partial charge on any atom is -0.364 e. The highest BCUT2D eigenvalue weighted by Gasteiger charge is 2.34. The molecule has 0 radical (unpaired) electrons. The molecule has 0 saturated carbocycles. The van der Waals surface area contributed by atoms with Crippen molar-refractivity contribution >= 4 is 21.8 Å². The summed E-state index contributed by atoms with van der Waals surface area (Å²) in [5, 5.41) is 0. The number of hydrogen-bond donors (Lipinski definition) is 1. The summed E-state index contributed by atoms with van der Waals surface area (Å²) in [5.74, 6) is -0.866. The predicted molar refractivity (Wildman–Crippen MR) is 127 cm³/mol. The zero-order valence-corrected chi connectivity index (χ0v) is 20.9. The third kappa shape index (κ3) is 5.47. The summed E-state index contributed by atoms with van der Waals surface area (Å²) in [6.45, 7) is 7.53. The van der Waals surface area contributed by atoms with Crippen LogP contribution in [0.1, 0.15) is 55.2 Å². The maximum atomic E-state index is 13.0. The number of carbonyl (C=O) groups is 2. The van der Waals surface area contributed by atoms with Gasteiger partial charge < -0.3 is 15.2 Å². The Morgan fingerprint density at radius 3 is 2.18 bits per heavy atom. The van der Waals surface area contributed by atoms with E-state index < -0.39 is 15.9 Å². The Bertz CT molecular complexity index is 1120. The van der Waals surface area contributed by atoms with Crippen LogP contribution >= 0.6 is 0 Å². The SMILES string of the molecule is CN(Cc1ccc(C(C)(C)C)cc1)C(=O)C1CCN(S(=O)(=O)c2cc(C(N)=O)n(C)c2)CC1. The van der Waals surface area contributed by atoms with Gasteiger partial charge in [0.25, 0.3) is 5.91 Å². The third-order valence-corrected chi connectivity index (χ3v) is 8.15. The number of hydrogen-bond acceptors (Lipinski definition) is 4. The summed E-state index contributed by atoms with van der Waals surface area (Å²) in [4.78, 5) is 26.2. The topological polar surface area (TPSA) is 106 Å². The van der Waals surface area contributed by atoms with E-state index in [0.717, 1.165) is 5.56 Å². The van der Waals surface area contributed by atoms with Gasteiger partial charge in [0.15, 0.2) is 0 Å².